The van der Waals surface area contributed by atoms with Crippen LogP contribution in [0, 0.1) is 12.3 Å². The zero-order valence-electron chi connectivity index (χ0n) is 9.73. The Hall–Kier alpha value is 1.56. The first kappa shape index (κ1) is 20.0. The van der Waals surface area contributed by atoms with Crippen molar-refractivity contribution in [2.75, 3.05) is 0 Å². The minimum Gasteiger partial charge on any atom is -0.120 e. The molecule has 66 valence electrons. The molecule has 0 saturated heterocycles. The predicted octanol–water partition coefficient (Wildman–Crippen LogP) is 3.00. The molecular weight excluding hydrogens is 178 g/mol. The molecule has 0 aromatic carbocycles. The fourth-order valence-corrected chi connectivity index (χ4v) is 1.18. The Labute approximate surface area is 128 Å². The van der Waals surface area contributed by atoms with Gasteiger partial charge in [0.2, 0.25) is 0 Å². The van der Waals surface area contributed by atoms with Crippen LogP contribution in [-0.2, 0) is 0 Å². The van der Waals surface area contributed by atoms with E-state index in [9.17, 15) is 0 Å². The summed E-state index contributed by atoms with van der Waals surface area (Å²) in [7, 11) is 0. The normalized spacial score (nSPS) is 8.00. The zero-order valence-corrected chi connectivity index (χ0v) is 13.7. The summed E-state index contributed by atoms with van der Waals surface area (Å²) in [6, 6.07) is 0. The molecule has 0 fully saturated rings. The summed E-state index contributed by atoms with van der Waals surface area (Å²) in [5.74, 6) is 2.67. The van der Waals surface area contributed by atoms with Crippen molar-refractivity contribution in [3.05, 3.63) is 0 Å². The van der Waals surface area contributed by atoms with Gasteiger partial charge < -0.3 is 0 Å². The number of terminal acetylenes is 1. The topological polar surface area (TPSA) is 0 Å². The second-order valence-electron chi connectivity index (χ2n) is 3.08. The van der Waals surface area contributed by atoms with Crippen LogP contribution in [0.5, 0.6) is 0 Å². The molecule has 0 aromatic rings. The van der Waals surface area contributed by atoms with E-state index >= 15 is 0 Å². The summed E-state index contributed by atoms with van der Waals surface area (Å²) in [6.45, 7) is 2.25. The SMILES string of the molecule is C#CCCCCCCCCC.[Na].[Na]. The minimum atomic E-state index is 0. The molecule has 0 amide bonds. The van der Waals surface area contributed by atoms with Crippen molar-refractivity contribution in [3.8, 4) is 12.3 Å². The first-order valence-electron chi connectivity index (χ1n) is 4.85. The van der Waals surface area contributed by atoms with Crippen LogP contribution >= 0.6 is 0 Å². The summed E-state index contributed by atoms with van der Waals surface area (Å²) in [6.07, 6.45) is 15.6. The van der Waals surface area contributed by atoms with E-state index in [1.807, 2.05) is 0 Å². The zero-order chi connectivity index (χ0) is 8.36. The number of rotatable bonds is 7. The van der Waals surface area contributed by atoms with Gasteiger partial charge in [0.15, 0.2) is 0 Å². The summed E-state index contributed by atoms with van der Waals surface area (Å²) in [5.41, 5.74) is 0. The fourth-order valence-electron chi connectivity index (χ4n) is 1.18. The first-order chi connectivity index (χ1) is 5.41. The number of hydrogen-bond acceptors (Lipinski definition) is 0. The second-order valence-corrected chi connectivity index (χ2v) is 3.08. The largest absolute Gasteiger partial charge is 0.120 e. The summed E-state index contributed by atoms with van der Waals surface area (Å²) in [4.78, 5) is 0. The maximum absolute atomic E-state index is 5.14. The molecule has 0 bridgehead atoms. The molecule has 0 nitrogen and oxygen atoms in total. The van der Waals surface area contributed by atoms with Gasteiger partial charge >= 0.3 is 0 Å². The maximum Gasteiger partial charge on any atom is 0.00860 e. The van der Waals surface area contributed by atoms with Crippen molar-refractivity contribution < 1.29 is 0 Å². The molecular formula is C11H20Na2. The van der Waals surface area contributed by atoms with E-state index in [-0.39, 0.29) is 59.1 Å². The van der Waals surface area contributed by atoms with Crippen LogP contribution in [-0.4, -0.2) is 59.1 Å². The molecule has 0 heterocycles. The molecule has 0 aliphatic carbocycles. The third kappa shape index (κ3) is 19.8. The van der Waals surface area contributed by atoms with Crippen molar-refractivity contribution >= 4 is 59.1 Å². The van der Waals surface area contributed by atoms with Crippen molar-refractivity contribution in [2.45, 2.75) is 58.3 Å². The van der Waals surface area contributed by atoms with Crippen LogP contribution in [0.3, 0.4) is 0 Å². The van der Waals surface area contributed by atoms with E-state index in [0.29, 0.717) is 0 Å². The van der Waals surface area contributed by atoms with E-state index in [1.165, 1.54) is 44.9 Å². The fraction of sp³-hybridized carbons (Fsp3) is 0.818. The van der Waals surface area contributed by atoms with Gasteiger partial charge in [-0.3, -0.25) is 0 Å². The van der Waals surface area contributed by atoms with Crippen molar-refractivity contribution in [3.63, 3.8) is 0 Å². The molecule has 0 atom stereocenters. The summed E-state index contributed by atoms with van der Waals surface area (Å²) < 4.78 is 0. The van der Waals surface area contributed by atoms with Gasteiger partial charge in [0.05, 0.1) is 0 Å². The van der Waals surface area contributed by atoms with Gasteiger partial charge in [-0.15, -0.1) is 12.3 Å². The average Bonchev–Trinajstić information content (AvgIpc) is 2.03. The van der Waals surface area contributed by atoms with Crippen molar-refractivity contribution in [1.82, 2.24) is 0 Å². The Morgan fingerprint density at radius 3 is 1.77 bits per heavy atom. The molecule has 0 aliphatic rings. The summed E-state index contributed by atoms with van der Waals surface area (Å²) in [5, 5.41) is 0. The molecule has 13 heavy (non-hydrogen) atoms. The van der Waals surface area contributed by atoms with Crippen molar-refractivity contribution in [1.29, 1.82) is 0 Å². The van der Waals surface area contributed by atoms with Crippen LogP contribution in [0.15, 0.2) is 0 Å². The molecule has 0 saturated carbocycles. The third-order valence-corrected chi connectivity index (χ3v) is 1.92. The van der Waals surface area contributed by atoms with E-state index in [0.717, 1.165) is 6.42 Å². The van der Waals surface area contributed by atoms with Crippen LogP contribution in [0.2, 0.25) is 0 Å². The van der Waals surface area contributed by atoms with Gasteiger partial charge in [0.25, 0.3) is 0 Å². The first-order valence-corrected chi connectivity index (χ1v) is 4.85. The number of unbranched alkanes of at least 4 members (excludes halogenated alkanes) is 7. The van der Waals surface area contributed by atoms with E-state index < -0.39 is 0 Å². The molecule has 0 unspecified atom stereocenters. The smallest absolute Gasteiger partial charge is 0.00860 e. The predicted molar refractivity (Wildman–Crippen MR) is 63.0 cm³/mol. The quantitative estimate of drug-likeness (QED) is 0.335. The molecule has 0 spiro atoms. The summed E-state index contributed by atoms with van der Waals surface area (Å²) >= 11 is 0. The van der Waals surface area contributed by atoms with Crippen LogP contribution in [0.4, 0.5) is 0 Å². The van der Waals surface area contributed by atoms with Gasteiger partial charge in [-0.1, -0.05) is 45.4 Å². The Balaban J connectivity index is -0.000000500. The van der Waals surface area contributed by atoms with E-state index in [1.54, 1.807) is 0 Å². The molecule has 0 aromatic heterocycles. The average molecular weight is 198 g/mol. The van der Waals surface area contributed by atoms with E-state index in [4.69, 9.17) is 6.42 Å². The molecule has 0 N–H and O–H groups in total. The van der Waals surface area contributed by atoms with E-state index in [2.05, 4.69) is 12.8 Å². The minimum absolute atomic E-state index is 0. The standard InChI is InChI=1S/C11H20.2Na/c1-3-5-7-9-11-10-8-6-4-2;;/h1H,4-11H2,2H3;;. The third-order valence-electron chi connectivity index (χ3n) is 1.92. The molecule has 2 heteroatoms. The Morgan fingerprint density at radius 2 is 1.31 bits per heavy atom. The Kier molecular flexibility index (Phi) is 29.6. The van der Waals surface area contributed by atoms with Crippen LogP contribution in [0.1, 0.15) is 58.3 Å². The van der Waals surface area contributed by atoms with Gasteiger partial charge in [0.1, 0.15) is 0 Å². The van der Waals surface area contributed by atoms with Gasteiger partial charge in [0, 0.05) is 65.5 Å². The van der Waals surface area contributed by atoms with Crippen molar-refractivity contribution in [2.24, 2.45) is 0 Å². The van der Waals surface area contributed by atoms with Crippen LogP contribution in [0.25, 0.3) is 0 Å². The van der Waals surface area contributed by atoms with Gasteiger partial charge in [-0.2, -0.15) is 0 Å². The molecule has 0 rings (SSSR count). The Bertz CT molecular complexity index is 105. The second kappa shape index (κ2) is 19.2. The van der Waals surface area contributed by atoms with Gasteiger partial charge in [-0.25, -0.2) is 0 Å². The van der Waals surface area contributed by atoms with Crippen LogP contribution < -0.4 is 0 Å². The molecule has 0 aliphatic heterocycles. The van der Waals surface area contributed by atoms with Gasteiger partial charge in [-0.05, 0) is 6.42 Å². The Morgan fingerprint density at radius 1 is 0.846 bits per heavy atom. The maximum atomic E-state index is 5.14. The monoisotopic (exact) mass is 198 g/mol. The molecule has 2 radical (unpaired) electrons. The number of hydrogen-bond donors (Lipinski definition) is 0.